The summed E-state index contributed by atoms with van der Waals surface area (Å²) < 4.78 is 0. The van der Waals surface area contributed by atoms with E-state index in [1.54, 1.807) is 0 Å². The number of aliphatic hydroxyl groups is 2. The van der Waals surface area contributed by atoms with Gasteiger partial charge in [0.15, 0.2) is 0 Å². The molecule has 17 heavy (non-hydrogen) atoms. The summed E-state index contributed by atoms with van der Waals surface area (Å²) in [7, 11) is 0. The summed E-state index contributed by atoms with van der Waals surface area (Å²) in [5.41, 5.74) is 1.94. The van der Waals surface area contributed by atoms with E-state index in [-0.39, 0.29) is 13.2 Å². The molecule has 0 atom stereocenters. The van der Waals surface area contributed by atoms with Gasteiger partial charge in [0.25, 0.3) is 0 Å². The first-order chi connectivity index (χ1) is 8.24. The first-order valence-electron chi connectivity index (χ1n) is 5.99. The summed E-state index contributed by atoms with van der Waals surface area (Å²) in [6.45, 7) is 2.15. The molecule has 1 aliphatic rings. The molecule has 1 fully saturated rings. The minimum absolute atomic E-state index is 0.00974. The summed E-state index contributed by atoms with van der Waals surface area (Å²) in [6, 6.07) is 5.64. The zero-order valence-electron chi connectivity index (χ0n) is 9.77. The largest absolute Gasteiger partial charge is 0.396 e. The summed E-state index contributed by atoms with van der Waals surface area (Å²) in [5.74, 6) is 0.427. The van der Waals surface area contributed by atoms with Crippen LogP contribution in [0.5, 0.6) is 0 Å². The average Bonchev–Trinajstić information content (AvgIpc) is 2.39. The standard InChI is InChI=1S/C13H18ClNO2/c14-12-1-2-13(11(7-12)9-17)15-5-3-10(8-16)4-6-15/h1-2,7,10,16-17H,3-6,8-9H2. The maximum Gasteiger partial charge on any atom is 0.0702 e. The van der Waals surface area contributed by atoms with Crippen molar-refractivity contribution >= 4 is 17.3 Å². The van der Waals surface area contributed by atoms with Gasteiger partial charge in [-0.3, -0.25) is 0 Å². The van der Waals surface area contributed by atoms with Gasteiger partial charge in [0.05, 0.1) is 6.61 Å². The minimum atomic E-state index is 0.00974. The molecule has 1 heterocycles. The number of nitrogens with zero attached hydrogens (tertiary/aromatic N) is 1. The number of anilines is 1. The van der Waals surface area contributed by atoms with Gasteiger partial charge in [-0.15, -0.1) is 0 Å². The second kappa shape index (κ2) is 5.71. The molecule has 2 rings (SSSR count). The summed E-state index contributed by atoms with van der Waals surface area (Å²) >= 11 is 5.92. The summed E-state index contributed by atoms with van der Waals surface area (Å²) in [6.07, 6.45) is 2.01. The fourth-order valence-electron chi connectivity index (χ4n) is 2.35. The number of aliphatic hydroxyl groups excluding tert-OH is 2. The van der Waals surface area contributed by atoms with Gasteiger partial charge in [0.1, 0.15) is 0 Å². The number of piperidine rings is 1. The zero-order valence-corrected chi connectivity index (χ0v) is 10.5. The Morgan fingerprint density at radius 2 is 1.94 bits per heavy atom. The number of rotatable bonds is 3. The SMILES string of the molecule is OCc1cc(Cl)ccc1N1CCC(CO)CC1. The maximum absolute atomic E-state index is 9.35. The van der Waals surface area contributed by atoms with Crippen molar-refractivity contribution in [2.24, 2.45) is 5.92 Å². The van der Waals surface area contributed by atoms with Crippen molar-refractivity contribution in [1.82, 2.24) is 0 Å². The third-order valence-electron chi connectivity index (χ3n) is 3.43. The highest BCUT2D eigenvalue weighted by molar-refractivity contribution is 6.30. The highest BCUT2D eigenvalue weighted by atomic mass is 35.5. The van der Waals surface area contributed by atoms with Crippen LogP contribution in [0, 0.1) is 5.92 Å². The van der Waals surface area contributed by atoms with Crippen LogP contribution in [-0.2, 0) is 6.61 Å². The third-order valence-corrected chi connectivity index (χ3v) is 3.66. The van der Waals surface area contributed by atoms with Crippen molar-refractivity contribution in [3.05, 3.63) is 28.8 Å². The molecule has 0 aliphatic carbocycles. The van der Waals surface area contributed by atoms with Crippen molar-refractivity contribution in [3.8, 4) is 0 Å². The van der Waals surface area contributed by atoms with Crippen molar-refractivity contribution in [2.45, 2.75) is 19.4 Å². The number of hydrogen-bond acceptors (Lipinski definition) is 3. The Bertz CT molecular complexity index is 376. The summed E-state index contributed by atoms with van der Waals surface area (Å²) in [4.78, 5) is 2.26. The molecule has 4 heteroatoms. The average molecular weight is 256 g/mol. The lowest BCUT2D eigenvalue weighted by Crippen LogP contribution is -2.35. The van der Waals surface area contributed by atoms with Crippen LogP contribution < -0.4 is 4.90 Å². The fraction of sp³-hybridized carbons (Fsp3) is 0.538. The molecule has 0 spiro atoms. The molecule has 0 unspecified atom stereocenters. The van der Waals surface area contributed by atoms with E-state index in [1.807, 2.05) is 18.2 Å². The normalized spacial score (nSPS) is 17.5. The molecule has 1 saturated heterocycles. The molecule has 1 aromatic carbocycles. The van der Waals surface area contributed by atoms with E-state index >= 15 is 0 Å². The van der Waals surface area contributed by atoms with E-state index in [1.165, 1.54) is 0 Å². The van der Waals surface area contributed by atoms with Gasteiger partial charge in [-0.2, -0.15) is 0 Å². The molecule has 0 bridgehead atoms. The van der Waals surface area contributed by atoms with Crippen LogP contribution in [0.25, 0.3) is 0 Å². The van der Waals surface area contributed by atoms with Gasteiger partial charge in [0.2, 0.25) is 0 Å². The second-order valence-corrected chi connectivity index (χ2v) is 4.98. The predicted molar refractivity (Wildman–Crippen MR) is 69.4 cm³/mol. The Morgan fingerprint density at radius 1 is 1.24 bits per heavy atom. The van der Waals surface area contributed by atoms with Gasteiger partial charge < -0.3 is 15.1 Å². The lowest BCUT2D eigenvalue weighted by molar-refractivity contribution is 0.202. The van der Waals surface area contributed by atoms with E-state index in [0.29, 0.717) is 10.9 Å². The quantitative estimate of drug-likeness (QED) is 0.869. The zero-order chi connectivity index (χ0) is 12.3. The molecule has 0 aromatic heterocycles. The van der Waals surface area contributed by atoms with E-state index in [2.05, 4.69) is 4.90 Å². The second-order valence-electron chi connectivity index (χ2n) is 4.54. The van der Waals surface area contributed by atoms with Gasteiger partial charge in [-0.05, 0) is 37.0 Å². The van der Waals surface area contributed by atoms with E-state index in [9.17, 15) is 5.11 Å². The number of benzene rings is 1. The lowest BCUT2D eigenvalue weighted by Gasteiger charge is -2.34. The molecule has 0 radical (unpaired) electrons. The summed E-state index contributed by atoms with van der Waals surface area (Å²) in [5, 5.41) is 19.1. The Kier molecular flexibility index (Phi) is 4.26. The van der Waals surface area contributed by atoms with E-state index < -0.39 is 0 Å². The van der Waals surface area contributed by atoms with Crippen molar-refractivity contribution < 1.29 is 10.2 Å². The monoisotopic (exact) mass is 255 g/mol. The molecule has 1 aliphatic heterocycles. The maximum atomic E-state index is 9.35. The highest BCUT2D eigenvalue weighted by Crippen LogP contribution is 2.28. The molecule has 0 saturated carbocycles. The number of halogens is 1. The van der Waals surface area contributed by atoms with Crippen molar-refractivity contribution in [3.63, 3.8) is 0 Å². The van der Waals surface area contributed by atoms with Gasteiger partial charge in [-0.25, -0.2) is 0 Å². The highest BCUT2D eigenvalue weighted by Gasteiger charge is 2.20. The van der Waals surface area contributed by atoms with Crippen LogP contribution in [0.2, 0.25) is 5.02 Å². The Hall–Kier alpha value is -0.770. The molecule has 1 aromatic rings. The van der Waals surface area contributed by atoms with E-state index in [0.717, 1.165) is 37.2 Å². The van der Waals surface area contributed by atoms with Gasteiger partial charge in [-0.1, -0.05) is 11.6 Å². The van der Waals surface area contributed by atoms with Crippen LogP contribution in [0.3, 0.4) is 0 Å². The molecular formula is C13H18ClNO2. The topological polar surface area (TPSA) is 43.7 Å². The van der Waals surface area contributed by atoms with Crippen LogP contribution in [0.4, 0.5) is 5.69 Å². The molecular weight excluding hydrogens is 238 g/mol. The lowest BCUT2D eigenvalue weighted by atomic mass is 9.97. The molecule has 2 N–H and O–H groups in total. The minimum Gasteiger partial charge on any atom is -0.396 e. The van der Waals surface area contributed by atoms with Crippen molar-refractivity contribution in [1.29, 1.82) is 0 Å². The molecule has 94 valence electrons. The smallest absolute Gasteiger partial charge is 0.0702 e. The van der Waals surface area contributed by atoms with Crippen molar-refractivity contribution in [2.75, 3.05) is 24.6 Å². The fourth-order valence-corrected chi connectivity index (χ4v) is 2.54. The first-order valence-corrected chi connectivity index (χ1v) is 6.37. The van der Waals surface area contributed by atoms with Crippen LogP contribution in [0.15, 0.2) is 18.2 Å². The van der Waals surface area contributed by atoms with Crippen LogP contribution in [0.1, 0.15) is 18.4 Å². The third kappa shape index (κ3) is 2.92. The Morgan fingerprint density at radius 3 is 2.53 bits per heavy atom. The van der Waals surface area contributed by atoms with Gasteiger partial charge in [0, 0.05) is 36.0 Å². The Labute approximate surface area is 107 Å². The molecule has 3 nitrogen and oxygen atoms in total. The predicted octanol–water partition coefficient (Wildman–Crippen LogP) is 2.04. The van der Waals surface area contributed by atoms with Gasteiger partial charge >= 0.3 is 0 Å². The number of hydrogen-bond donors (Lipinski definition) is 2. The molecule has 0 amide bonds. The Balaban J connectivity index is 2.12. The van der Waals surface area contributed by atoms with E-state index in [4.69, 9.17) is 16.7 Å². The van der Waals surface area contributed by atoms with Crippen LogP contribution in [-0.4, -0.2) is 29.9 Å². The van der Waals surface area contributed by atoms with Crippen LogP contribution >= 0.6 is 11.6 Å². The first kappa shape index (κ1) is 12.7.